The number of ether oxygens (including phenoxy) is 1. The molecule has 0 saturated heterocycles. The maximum absolute atomic E-state index is 12.4. The van der Waals surface area contributed by atoms with Gasteiger partial charge in [0.1, 0.15) is 11.6 Å². The van der Waals surface area contributed by atoms with Crippen molar-refractivity contribution in [2.45, 2.75) is 25.8 Å². The van der Waals surface area contributed by atoms with Gasteiger partial charge >= 0.3 is 0 Å². The number of benzene rings is 1. The fourth-order valence-corrected chi connectivity index (χ4v) is 3.45. The van der Waals surface area contributed by atoms with Gasteiger partial charge < -0.3 is 15.4 Å². The molecule has 8 nitrogen and oxygen atoms in total. The summed E-state index contributed by atoms with van der Waals surface area (Å²) in [7, 11) is 1.65. The van der Waals surface area contributed by atoms with E-state index in [0.29, 0.717) is 24.7 Å². The van der Waals surface area contributed by atoms with Gasteiger partial charge in [0.2, 0.25) is 11.9 Å². The molecule has 0 bridgehead atoms. The Morgan fingerprint density at radius 2 is 2.04 bits per heavy atom. The van der Waals surface area contributed by atoms with Gasteiger partial charge in [0.25, 0.3) is 0 Å². The summed E-state index contributed by atoms with van der Waals surface area (Å²) in [6, 6.07) is 7.78. The number of carbonyl (C=O) groups excluding carboxylic acids is 1. The van der Waals surface area contributed by atoms with Crippen LogP contribution < -0.4 is 15.4 Å². The van der Waals surface area contributed by atoms with Gasteiger partial charge in [-0.25, -0.2) is 14.6 Å². The fraction of sp³-hybridized carbons (Fsp3) is 0.300. The zero-order chi connectivity index (χ0) is 19.5. The van der Waals surface area contributed by atoms with Crippen molar-refractivity contribution < 1.29 is 9.53 Å². The molecule has 4 rings (SSSR count). The van der Waals surface area contributed by atoms with Gasteiger partial charge in [-0.1, -0.05) is 18.2 Å². The van der Waals surface area contributed by atoms with Gasteiger partial charge in [-0.3, -0.25) is 4.79 Å². The number of anilines is 2. The van der Waals surface area contributed by atoms with Gasteiger partial charge in [0.15, 0.2) is 0 Å². The van der Waals surface area contributed by atoms with Crippen molar-refractivity contribution in [2.75, 3.05) is 24.3 Å². The van der Waals surface area contributed by atoms with E-state index in [1.54, 1.807) is 24.2 Å². The first kappa shape index (κ1) is 18.0. The molecule has 1 aliphatic heterocycles. The van der Waals surface area contributed by atoms with Crippen LogP contribution in [0.3, 0.4) is 0 Å². The molecule has 0 saturated carbocycles. The molecule has 3 aromatic rings. The van der Waals surface area contributed by atoms with Crippen LogP contribution in [-0.4, -0.2) is 39.3 Å². The summed E-state index contributed by atoms with van der Waals surface area (Å²) < 4.78 is 7.23. The van der Waals surface area contributed by atoms with E-state index in [-0.39, 0.29) is 11.8 Å². The van der Waals surface area contributed by atoms with Gasteiger partial charge in [-0.2, -0.15) is 5.10 Å². The molecular formula is C20H22N6O2. The third kappa shape index (κ3) is 3.40. The molecule has 0 fully saturated rings. The van der Waals surface area contributed by atoms with Crippen LogP contribution in [0.2, 0.25) is 0 Å². The lowest BCUT2D eigenvalue weighted by atomic mass is 9.89. The highest BCUT2D eigenvalue weighted by atomic mass is 16.5. The van der Waals surface area contributed by atoms with E-state index in [9.17, 15) is 4.79 Å². The Labute approximate surface area is 163 Å². The molecule has 2 N–H and O–H groups in total. The molecule has 1 aromatic carbocycles. The highest BCUT2D eigenvalue weighted by molar-refractivity contribution is 5.94. The Morgan fingerprint density at radius 1 is 1.25 bits per heavy atom. The van der Waals surface area contributed by atoms with Gasteiger partial charge in [-0.05, 0) is 18.6 Å². The molecule has 1 amide bonds. The predicted octanol–water partition coefficient (Wildman–Crippen LogP) is 2.64. The van der Waals surface area contributed by atoms with Crippen LogP contribution in [0.5, 0.6) is 5.75 Å². The van der Waals surface area contributed by atoms with Crippen molar-refractivity contribution in [3.63, 3.8) is 0 Å². The first-order chi connectivity index (χ1) is 13.7. The summed E-state index contributed by atoms with van der Waals surface area (Å²) in [4.78, 5) is 21.1. The molecule has 28 heavy (non-hydrogen) atoms. The summed E-state index contributed by atoms with van der Waals surface area (Å²) in [6.45, 7) is 3.25. The monoisotopic (exact) mass is 378 g/mol. The standard InChI is InChI=1S/C20H22N6O2/c1-3-21-20-22-9-14(10-23-20)15-8-18(27)25-19-16(15)11-24-26(19)12-13-6-4-5-7-17(13)28-2/h4-7,9-11,15H,3,8,12H2,1-2H3,(H,25,27)(H,21,22,23). The van der Waals surface area contributed by atoms with E-state index < -0.39 is 0 Å². The van der Waals surface area contributed by atoms with E-state index in [1.807, 2.05) is 37.4 Å². The van der Waals surface area contributed by atoms with E-state index in [0.717, 1.165) is 29.0 Å². The van der Waals surface area contributed by atoms with Crippen molar-refractivity contribution in [1.29, 1.82) is 0 Å². The fourth-order valence-electron chi connectivity index (χ4n) is 3.45. The van der Waals surface area contributed by atoms with Crippen LogP contribution in [0.25, 0.3) is 0 Å². The highest BCUT2D eigenvalue weighted by Gasteiger charge is 2.30. The molecule has 144 valence electrons. The SMILES string of the molecule is CCNc1ncc(C2CC(=O)Nc3c2cnn3Cc2ccccc2OC)cn1. The third-order valence-corrected chi connectivity index (χ3v) is 4.81. The minimum absolute atomic E-state index is 0.0463. The molecule has 0 spiro atoms. The molecular weight excluding hydrogens is 356 g/mol. The second kappa shape index (κ2) is 7.67. The van der Waals surface area contributed by atoms with Gasteiger partial charge in [0, 0.05) is 42.4 Å². The number of hydrogen-bond donors (Lipinski definition) is 2. The lowest BCUT2D eigenvalue weighted by Gasteiger charge is -2.23. The van der Waals surface area contributed by atoms with Crippen LogP contribution in [-0.2, 0) is 11.3 Å². The highest BCUT2D eigenvalue weighted by Crippen LogP contribution is 2.37. The van der Waals surface area contributed by atoms with Crippen molar-refractivity contribution in [2.24, 2.45) is 0 Å². The van der Waals surface area contributed by atoms with Crippen molar-refractivity contribution in [3.8, 4) is 5.75 Å². The summed E-state index contributed by atoms with van der Waals surface area (Å²) in [5.41, 5.74) is 2.86. The second-order valence-corrected chi connectivity index (χ2v) is 6.59. The van der Waals surface area contributed by atoms with E-state index in [2.05, 4.69) is 25.7 Å². The van der Waals surface area contributed by atoms with E-state index >= 15 is 0 Å². The van der Waals surface area contributed by atoms with Crippen LogP contribution in [0.15, 0.2) is 42.9 Å². The molecule has 0 radical (unpaired) electrons. The number of fused-ring (bicyclic) bond motifs is 1. The Balaban J connectivity index is 1.65. The largest absolute Gasteiger partial charge is 0.496 e. The van der Waals surface area contributed by atoms with E-state index in [4.69, 9.17) is 4.74 Å². The molecule has 8 heteroatoms. The topological polar surface area (TPSA) is 94.0 Å². The minimum atomic E-state index is -0.120. The number of hydrogen-bond acceptors (Lipinski definition) is 6. The summed E-state index contributed by atoms with van der Waals surface area (Å²) in [5.74, 6) is 1.92. The van der Waals surface area contributed by atoms with Crippen molar-refractivity contribution in [3.05, 3.63) is 59.5 Å². The normalized spacial score (nSPS) is 15.6. The maximum Gasteiger partial charge on any atom is 0.226 e. The number of nitrogens with one attached hydrogen (secondary N) is 2. The molecule has 0 aliphatic carbocycles. The summed E-state index contributed by atoms with van der Waals surface area (Å²) in [6.07, 6.45) is 5.70. The van der Waals surface area contributed by atoms with Crippen molar-refractivity contribution >= 4 is 17.7 Å². The summed E-state index contributed by atoms with van der Waals surface area (Å²) >= 11 is 0. The van der Waals surface area contributed by atoms with Crippen molar-refractivity contribution in [1.82, 2.24) is 19.7 Å². The number of para-hydroxylation sites is 1. The second-order valence-electron chi connectivity index (χ2n) is 6.59. The lowest BCUT2D eigenvalue weighted by molar-refractivity contribution is -0.116. The predicted molar refractivity (Wildman–Crippen MR) is 106 cm³/mol. The van der Waals surface area contributed by atoms with Crippen LogP contribution in [0.4, 0.5) is 11.8 Å². The first-order valence-electron chi connectivity index (χ1n) is 9.22. The third-order valence-electron chi connectivity index (χ3n) is 4.81. The lowest BCUT2D eigenvalue weighted by Crippen LogP contribution is -2.25. The number of methoxy groups -OCH3 is 1. The number of nitrogens with zero attached hydrogens (tertiary/aromatic N) is 4. The van der Waals surface area contributed by atoms with Crippen LogP contribution in [0.1, 0.15) is 36.0 Å². The zero-order valence-electron chi connectivity index (χ0n) is 15.8. The Bertz CT molecular complexity index is 983. The van der Waals surface area contributed by atoms with Gasteiger partial charge in [0.05, 0.1) is 19.9 Å². The Hall–Kier alpha value is -3.42. The average molecular weight is 378 g/mol. The Kier molecular flexibility index (Phi) is 4.92. The quantitative estimate of drug-likeness (QED) is 0.685. The maximum atomic E-state index is 12.4. The molecule has 1 atom stereocenters. The minimum Gasteiger partial charge on any atom is -0.496 e. The Morgan fingerprint density at radius 3 is 2.79 bits per heavy atom. The molecule has 1 unspecified atom stereocenters. The molecule has 2 aromatic heterocycles. The number of carbonyl (C=O) groups is 1. The number of amides is 1. The van der Waals surface area contributed by atoms with E-state index in [1.165, 1.54) is 0 Å². The van der Waals surface area contributed by atoms with Crippen LogP contribution in [0, 0.1) is 0 Å². The number of aromatic nitrogens is 4. The molecule has 1 aliphatic rings. The summed E-state index contributed by atoms with van der Waals surface area (Å²) in [5, 5.41) is 10.6. The van der Waals surface area contributed by atoms with Gasteiger partial charge in [-0.15, -0.1) is 0 Å². The first-order valence-corrected chi connectivity index (χ1v) is 9.22. The smallest absolute Gasteiger partial charge is 0.226 e. The average Bonchev–Trinajstić information content (AvgIpc) is 3.11. The zero-order valence-corrected chi connectivity index (χ0v) is 15.8. The molecule has 3 heterocycles. The number of rotatable bonds is 6. The van der Waals surface area contributed by atoms with Crippen LogP contribution >= 0.6 is 0 Å².